The Kier molecular flexibility index (Phi) is 3.17. The second kappa shape index (κ2) is 4.20. The van der Waals surface area contributed by atoms with Crippen molar-refractivity contribution in [2.24, 2.45) is 5.41 Å². The Morgan fingerprint density at radius 3 is 2.38 bits per heavy atom. The molecule has 1 saturated heterocycles. The fraction of sp³-hybridized carbons (Fsp3) is 1.00. The summed E-state index contributed by atoms with van der Waals surface area (Å²) < 4.78 is 11.2. The Hall–Kier alpha value is 0.270. The van der Waals surface area contributed by atoms with Crippen molar-refractivity contribution in [1.82, 2.24) is 4.31 Å². The van der Waals surface area contributed by atoms with E-state index in [4.69, 9.17) is 4.55 Å². The first-order chi connectivity index (χ1) is 6.35. The summed E-state index contributed by atoms with van der Waals surface area (Å²) in [5.41, 5.74) is 0.576. The lowest BCUT2D eigenvalue weighted by Crippen LogP contribution is -2.41. The highest BCUT2D eigenvalue weighted by molar-refractivity contribution is 7.91. The van der Waals surface area contributed by atoms with Crippen LogP contribution in [0, 0.1) is 5.41 Å². The van der Waals surface area contributed by atoms with Crippen LogP contribution in [0.4, 0.5) is 0 Å². The molecule has 1 spiro atoms. The van der Waals surface area contributed by atoms with E-state index in [-0.39, 0.29) is 0 Å². The van der Waals surface area contributed by atoms with Gasteiger partial charge >= 0.3 is 0 Å². The lowest BCUT2D eigenvalue weighted by atomic mass is 9.70. The van der Waals surface area contributed by atoms with E-state index >= 15 is 0 Å². The third-order valence-corrected chi connectivity index (χ3v) is 4.20. The molecule has 0 atom stereocenters. The number of rotatable bonds is 1. The minimum atomic E-state index is 0.576. The van der Waals surface area contributed by atoms with Crippen LogP contribution in [0.1, 0.15) is 44.9 Å². The third-order valence-electron chi connectivity index (χ3n) is 3.66. The van der Waals surface area contributed by atoms with Gasteiger partial charge in [-0.2, -0.15) is 0 Å². The maximum absolute atomic E-state index is 9.05. The van der Waals surface area contributed by atoms with Crippen LogP contribution in [0.3, 0.4) is 0 Å². The van der Waals surface area contributed by atoms with Gasteiger partial charge in [0, 0.05) is 13.1 Å². The molecule has 13 heavy (non-hydrogen) atoms. The maximum Gasteiger partial charge on any atom is 0.0790 e. The summed E-state index contributed by atoms with van der Waals surface area (Å²) in [5.74, 6) is 0. The van der Waals surface area contributed by atoms with Gasteiger partial charge in [-0.25, -0.2) is 4.31 Å². The zero-order chi connectivity index (χ0) is 9.15. The highest BCUT2D eigenvalue weighted by atomic mass is 32.2. The molecule has 0 aromatic rings. The van der Waals surface area contributed by atoms with E-state index in [0.717, 1.165) is 25.3 Å². The summed E-state index contributed by atoms with van der Waals surface area (Å²) >= 11 is 0.947. The normalized spacial score (nSPS) is 29.3. The van der Waals surface area contributed by atoms with Crippen molar-refractivity contribution in [1.29, 1.82) is 0 Å². The van der Waals surface area contributed by atoms with Crippen LogP contribution in [-0.4, -0.2) is 21.9 Å². The van der Waals surface area contributed by atoms with Gasteiger partial charge in [-0.15, -0.1) is 0 Å². The quantitative estimate of drug-likeness (QED) is 0.521. The number of piperidine rings is 1. The predicted molar refractivity (Wildman–Crippen MR) is 56.5 cm³/mol. The van der Waals surface area contributed by atoms with E-state index in [1.165, 1.54) is 44.9 Å². The SMILES string of the molecule is OSN1CCCC2(CCCCC2)C1. The highest BCUT2D eigenvalue weighted by Crippen LogP contribution is 2.44. The topological polar surface area (TPSA) is 23.5 Å². The van der Waals surface area contributed by atoms with Crippen molar-refractivity contribution >= 4 is 12.2 Å². The molecule has 0 aromatic heterocycles. The largest absolute Gasteiger partial charge is 0.317 e. The standard InChI is InChI=1S/C10H19NOS/c12-13-11-8-4-7-10(9-11)5-2-1-3-6-10/h12H,1-9H2. The summed E-state index contributed by atoms with van der Waals surface area (Å²) in [4.78, 5) is 0. The van der Waals surface area contributed by atoms with Gasteiger partial charge in [-0.05, 0) is 31.1 Å². The molecule has 1 aliphatic carbocycles. The van der Waals surface area contributed by atoms with Crippen molar-refractivity contribution in [3.63, 3.8) is 0 Å². The van der Waals surface area contributed by atoms with Gasteiger partial charge in [-0.3, -0.25) is 0 Å². The smallest absolute Gasteiger partial charge is 0.0790 e. The molecule has 1 aliphatic heterocycles. The van der Waals surface area contributed by atoms with Crippen LogP contribution in [0.5, 0.6) is 0 Å². The summed E-state index contributed by atoms with van der Waals surface area (Å²) in [6, 6.07) is 0. The van der Waals surface area contributed by atoms with Gasteiger partial charge in [0.1, 0.15) is 0 Å². The fourth-order valence-electron chi connectivity index (χ4n) is 2.94. The Balaban J connectivity index is 1.95. The van der Waals surface area contributed by atoms with E-state index < -0.39 is 0 Å². The third kappa shape index (κ3) is 2.20. The van der Waals surface area contributed by atoms with E-state index in [9.17, 15) is 0 Å². The van der Waals surface area contributed by atoms with E-state index in [0.29, 0.717) is 5.41 Å². The van der Waals surface area contributed by atoms with Crippen molar-refractivity contribution in [2.75, 3.05) is 13.1 Å². The summed E-state index contributed by atoms with van der Waals surface area (Å²) in [6.07, 6.45) is 9.69. The Morgan fingerprint density at radius 2 is 1.69 bits per heavy atom. The Morgan fingerprint density at radius 1 is 1.00 bits per heavy atom. The minimum absolute atomic E-state index is 0.576. The molecule has 1 saturated carbocycles. The monoisotopic (exact) mass is 201 g/mol. The first-order valence-corrected chi connectivity index (χ1v) is 6.14. The van der Waals surface area contributed by atoms with Gasteiger partial charge in [-0.1, -0.05) is 19.3 Å². The average Bonchev–Trinajstić information content (AvgIpc) is 2.19. The predicted octanol–water partition coefficient (Wildman–Crippen LogP) is 3.15. The minimum Gasteiger partial charge on any atom is -0.317 e. The van der Waals surface area contributed by atoms with Gasteiger partial charge in [0.05, 0.1) is 12.2 Å². The molecule has 2 aliphatic rings. The van der Waals surface area contributed by atoms with Crippen molar-refractivity contribution < 1.29 is 4.55 Å². The maximum atomic E-state index is 9.05. The lowest BCUT2D eigenvalue weighted by molar-refractivity contribution is 0.0994. The van der Waals surface area contributed by atoms with Crippen LogP contribution in [0.15, 0.2) is 0 Å². The summed E-state index contributed by atoms with van der Waals surface area (Å²) in [5, 5.41) is 0. The first-order valence-electron chi connectivity index (χ1n) is 5.41. The molecule has 0 aromatic carbocycles. The second-order valence-corrected chi connectivity index (χ2v) is 5.29. The molecule has 2 fully saturated rings. The lowest BCUT2D eigenvalue weighted by Gasteiger charge is -2.43. The molecule has 0 bridgehead atoms. The average molecular weight is 201 g/mol. The van der Waals surface area contributed by atoms with E-state index in [2.05, 4.69) is 4.31 Å². The highest BCUT2D eigenvalue weighted by Gasteiger charge is 2.36. The molecule has 1 N–H and O–H groups in total. The van der Waals surface area contributed by atoms with Crippen LogP contribution in [0.2, 0.25) is 0 Å². The number of nitrogens with zero attached hydrogens (tertiary/aromatic N) is 1. The van der Waals surface area contributed by atoms with Crippen molar-refractivity contribution in [3.05, 3.63) is 0 Å². The van der Waals surface area contributed by atoms with Crippen LogP contribution >= 0.6 is 12.2 Å². The summed E-state index contributed by atoms with van der Waals surface area (Å²) in [7, 11) is 0. The fourth-order valence-corrected chi connectivity index (χ4v) is 3.48. The van der Waals surface area contributed by atoms with Gasteiger partial charge in [0.2, 0.25) is 0 Å². The number of hydrogen-bond donors (Lipinski definition) is 1. The molecule has 0 radical (unpaired) electrons. The Bertz CT molecular complexity index is 163. The molecule has 2 rings (SSSR count). The second-order valence-electron chi connectivity index (χ2n) is 4.61. The Labute approximate surface area is 85.0 Å². The van der Waals surface area contributed by atoms with Gasteiger partial charge in [0.15, 0.2) is 0 Å². The van der Waals surface area contributed by atoms with E-state index in [1.54, 1.807) is 0 Å². The molecule has 3 heteroatoms. The van der Waals surface area contributed by atoms with Crippen LogP contribution < -0.4 is 0 Å². The molecule has 1 heterocycles. The molecular formula is C10H19NOS. The first kappa shape index (κ1) is 9.81. The zero-order valence-electron chi connectivity index (χ0n) is 8.17. The van der Waals surface area contributed by atoms with Crippen LogP contribution in [-0.2, 0) is 0 Å². The summed E-state index contributed by atoms with van der Waals surface area (Å²) in [6.45, 7) is 2.19. The molecule has 0 unspecified atom stereocenters. The van der Waals surface area contributed by atoms with Gasteiger partial charge in [0.25, 0.3) is 0 Å². The molecular weight excluding hydrogens is 182 g/mol. The zero-order valence-corrected chi connectivity index (χ0v) is 8.98. The molecule has 76 valence electrons. The molecule has 0 amide bonds. The van der Waals surface area contributed by atoms with Gasteiger partial charge < -0.3 is 4.55 Å². The van der Waals surface area contributed by atoms with Crippen molar-refractivity contribution in [2.45, 2.75) is 44.9 Å². The van der Waals surface area contributed by atoms with E-state index in [1.807, 2.05) is 0 Å². The van der Waals surface area contributed by atoms with Crippen molar-refractivity contribution in [3.8, 4) is 0 Å². The number of hydrogen-bond acceptors (Lipinski definition) is 3. The molecule has 2 nitrogen and oxygen atoms in total. The van der Waals surface area contributed by atoms with Crippen LogP contribution in [0.25, 0.3) is 0 Å².